The van der Waals surface area contributed by atoms with Gasteiger partial charge in [-0.15, -0.1) is 0 Å². The van der Waals surface area contributed by atoms with Gasteiger partial charge in [-0.2, -0.15) is 9.78 Å². The van der Waals surface area contributed by atoms with Crippen LogP contribution in [-0.2, 0) is 11.3 Å². The first kappa shape index (κ1) is 21.3. The maximum atomic E-state index is 13.6. The molecule has 1 aliphatic heterocycles. The average Bonchev–Trinajstić information content (AvgIpc) is 3.14. The Balaban J connectivity index is 1.72. The van der Waals surface area contributed by atoms with Crippen molar-refractivity contribution in [1.29, 1.82) is 0 Å². The highest BCUT2D eigenvalue weighted by atomic mass is 35.5. The van der Waals surface area contributed by atoms with E-state index in [4.69, 9.17) is 16.7 Å². The second-order valence-electron chi connectivity index (χ2n) is 8.42. The molecule has 0 bridgehead atoms. The van der Waals surface area contributed by atoms with Gasteiger partial charge in [0, 0.05) is 34.3 Å². The first-order chi connectivity index (χ1) is 15.9. The number of amides is 1. The van der Waals surface area contributed by atoms with Gasteiger partial charge in [-0.3, -0.25) is 9.69 Å². The number of carbonyl (C=O) groups excluding carboxylic acids is 1. The van der Waals surface area contributed by atoms with Gasteiger partial charge in [-0.25, -0.2) is 9.97 Å². The second kappa shape index (κ2) is 8.45. The molecule has 166 valence electrons. The number of rotatable bonds is 4. The molecule has 0 spiro atoms. The minimum absolute atomic E-state index is 0.0156. The summed E-state index contributed by atoms with van der Waals surface area (Å²) in [7, 11) is 0. The third-order valence-electron chi connectivity index (χ3n) is 6.01. The third kappa shape index (κ3) is 3.91. The van der Waals surface area contributed by atoms with Crippen molar-refractivity contribution in [1.82, 2.24) is 19.7 Å². The Bertz CT molecular complexity index is 1330. The quantitative estimate of drug-likeness (QED) is 0.416. The summed E-state index contributed by atoms with van der Waals surface area (Å²) in [5.41, 5.74) is 5.54. The topological polar surface area (TPSA) is 63.9 Å². The molecule has 2 aromatic heterocycles. The van der Waals surface area contributed by atoms with Gasteiger partial charge in [0.2, 0.25) is 5.91 Å². The second-order valence-corrected chi connectivity index (χ2v) is 8.83. The molecule has 0 saturated carbocycles. The molecule has 0 radical (unpaired) electrons. The number of halogens is 1. The SMILES string of the molecule is Cc1cc(C)nc(-n2nc(C)c3c2N(Cc2ccccc2Cl)C(=O)C[C@H]3c2ccccc2)n1. The van der Waals surface area contributed by atoms with E-state index in [-0.39, 0.29) is 11.8 Å². The Morgan fingerprint density at radius 3 is 2.33 bits per heavy atom. The minimum Gasteiger partial charge on any atom is -0.292 e. The van der Waals surface area contributed by atoms with Gasteiger partial charge in [0.25, 0.3) is 5.95 Å². The van der Waals surface area contributed by atoms with Crippen molar-refractivity contribution in [3.63, 3.8) is 0 Å². The number of aromatic nitrogens is 4. The van der Waals surface area contributed by atoms with Crippen molar-refractivity contribution in [2.75, 3.05) is 4.90 Å². The summed E-state index contributed by atoms with van der Waals surface area (Å²) in [6.45, 7) is 6.20. The summed E-state index contributed by atoms with van der Waals surface area (Å²) in [6, 6.07) is 19.6. The molecule has 1 aliphatic rings. The molecule has 0 fully saturated rings. The van der Waals surface area contributed by atoms with Crippen LogP contribution in [0.5, 0.6) is 0 Å². The number of fused-ring (bicyclic) bond motifs is 1. The van der Waals surface area contributed by atoms with E-state index in [2.05, 4.69) is 22.1 Å². The van der Waals surface area contributed by atoms with Crippen LogP contribution in [0.25, 0.3) is 5.95 Å². The highest BCUT2D eigenvalue weighted by Crippen LogP contribution is 2.43. The molecular formula is C26H24ClN5O. The van der Waals surface area contributed by atoms with Crippen LogP contribution in [0.15, 0.2) is 60.7 Å². The lowest BCUT2D eigenvalue weighted by molar-refractivity contribution is -0.119. The van der Waals surface area contributed by atoms with Gasteiger partial charge >= 0.3 is 0 Å². The summed E-state index contributed by atoms with van der Waals surface area (Å²) >= 11 is 6.46. The molecule has 6 nitrogen and oxygen atoms in total. The number of nitrogens with zero attached hydrogens (tertiary/aromatic N) is 5. The Kier molecular flexibility index (Phi) is 5.46. The molecular weight excluding hydrogens is 434 g/mol. The van der Waals surface area contributed by atoms with Crippen LogP contribution in [0, 0.1) is 20.8 Å². The van der Waals surface area contributed by atoms with Gasteiger partial charge in [-0.1, -0.05) is 60.1 Å². The van der Waals surface area contributed by atoms with Crippen molar-refractivity contribution >= 4 is 23.3 Å². The van der Waals surface area contributed by atoms with E-state index < -0.39 is 0 Å². The summed E-state index contributed by atoms with van der Waals surface area (Å²) in [6.07, 6.45) is 0.363. The van der Waals surface area contributed by atoms with E-state index in [1.807, 2.05) is 69.3 Å². The summed E-state index contributed by atoms with van der Waals surface area (Å²) in [5.74, 6) is 1.10. The van der Waals surface area contributed by atoms with Crippen LogP contribution >= 0.6 is 11.6 Å². The van der Waals surface area contributed by atoms with Crippen LogP contribution < -0.4 is 4.90 Å². The molecule has 5 rings (SSSR count). The molecule has 1 atom stereocenters. The van der Waals surface area contributed by atoms with Crippen LogP contribution in [0.3, 0.4) is 0 Å². The van der Waals surface area contributed by atoms with E-state index in [0.29, 0.717) is 29.8 Å². The Labute approximate surface area is 197 Å². The third-order valence-corrected chi connectivity index (χ3v) is 6.38. The van der Waals surface area contributed by atoms with Gasteiger partial charge in [-0.05, 0) is 44.0 Å². The molecule has 0 saturated heterocycles. The lowest BCUT2D eigenvalue weighted by Crippen LogP contribution is -2.38. The summed E-state index contributed by atoms with van der Waals surface area (Å²) in [5, 5.41) is 5.46. The highest BCUT2D eigenvalue weighted by Gasteiger charge is 2.38. The predicted octanol–water partition coefficient (Wildman–Crippen LogP) is 5.31. The Hall–Kier alpha value is -3.51. The number of hydrogen-bond donors (Lipinski definition) is 0. The zero-order chi connectivity index (χ0) is 23.1. The molecule has 2 aromatic carbocycles. The van der Waals surface area contributed by atoms with Gasteiger partial charge in [0.1, 0.15) is 5.82 Å². The Morgan fingerprint density at radius 2 is 1.64 bits per heavy atom. The molecule has 33 heavy (non-hydrogen) atoms. The van der Waals surface area contributed by atoms with Gasteiger partial charge in [0.15, 0.2) is 0 Å². The fourth-order valence-corrected chi connectivity index (χ4v) is 4.77. The minimum atomic E-state index is -0.0872. The maximum Gasteiger partial charge on any atom is 0.252 e. The largest absolute Gasteiger partial charge is 0.292 e. The smallest absolute Gasteiger partial charge is 0.252 e. The molecule has 3 heterocycles. The lowest BCUT2D eigenvalue weighted by atomic mass is 9.85. The van der Waals surface area contributed by atoms with E-state index in [1.54, 1.807) is 9.58 Å². The van der Waals surface area contributed by atoms with Gasteiger partial charge in [0.05, 0.1) is 12.2 Å². The first-order valence-electron chi connectivity index (χ1n) is 10.9. The van der Waals surface area contributed by atoms with E-state index in [1.165, 1.54) is 0 Å². The zero-order valence-electron chi connectivity index (χ0n) is 18.8. The van der Waals surface area contributed by atoms with Crippen molar-refractivity contribution < 1.29 is 4.79 Å². The summed E-state index contributed by atoms with van der Waals surface area (Å²) in [4.78, 5) is 24.6. The number of benzene rings is 2. The predicted molar refractivity (Wildman–Crippen MR) is 129 cm³/mol. The van der Waals surface area contributed by atoms with E-state index in [9.17, 15) is 4.79 Å². The van der Waals surface area contributed by atoms with Crippen molar-refractivity contribution in [3.05, 3.63) is 99.5 Å². The fraction of sp³-hybridized carbons (Fsp3) is 0.231. The van der Waals surface area contributed by atoms with Crippen LogP contribution in [0.4, 0.5) is 5.82 Å². The Morgan fingerprint density at radius 1 is 0.970 bits per heavy atom. The normalized spacial score (nSPS) is 15.6. The number of hydrogen-bond acceptors (Lipinski definition) is 4. The van der Waals surface area contributed by atoms with E-state index >= 15 is 0 Å². The standard InChI is InChI=1S/C26H24ClN5O/c1-16-13-17(2)29-26(28-16)32-25-24(18(3)30-32)21(19-9-5-4-6-10-19)14-23(33)31(25)15-20-11-7-8-12-22(20)27/h4-13,21H,14-15H2,1-3H3/t21-/m0/s1. The maximum absolute atomic E-state index is 13.6. The average molecular weight is 458 g/mol. The van der Waals surface area contributed by atoms with Crippen molar-refractivity contribution in [3.8, 4) is 5.95 Å². The zero-order valence-corrected chi connectivity index (χ0v) is 19.5. The van der Waals surface area contributed by atoms with Crippen LogP contribution in [-0.4, -0.2) is 25.7 Å². The highest BCUT2D eigenvalue weighted by molar-refractivity contribution is 6.31. The molecule has 4 aromatic rings. The lowest BCUT2D eigenvalue weighted by Gasteiger charge is -2.33. The number of anilines is 1. The fourth-order valence-electron chi connectivity index (χ4n) is 4.57. The van der Waals surface area contributed by atoms with Crippen LogP contribution in [0.1, 0.15) is 46.1 Å². The van der Waals surface area contributed by atoms with Crippen molar-refractivity contribution in [2.45, 2.75) is 39.7 Å². The molecule has 7 heteroatoms. The van der Waals surface area contributed by atoms with Crippen molar-refractivity contribution in [2.24, 2.45) is 0 Å². The molecule has 1 amide bonds. The molecule has 0 N–H and O–H groups in total. The monoisotopic (exact) mass is 457 g/mol. The number of carbonyl (C=O) groups is 1. The summed E-state index contributed by atoms with van der Waals surface area (Å²) < 4.78 is 1.72. The van der Waals surface area contributed by atoms with Gasteiger partial charge < -0.3 is 0 Å². The van der Waals surface area contributed by atoms with E-state index in [0.717, 1.165) is 33.8 Å². The number of aryl methyl sites for hydroxylation is 3. The molecule has 0 aliphatic carbocycles. The first-order valence-corrected chi connectivity index (χ1v) is 11.3. The molecule has 0 unspecified atom stereocenters. The van der Waals surface area contributed by atoms with Crippen LogP contribution in [0.2, 0.25) is 5.02 Å².